The smallest absolute Gasteiger partial charge is 0.000741 e. The van der Waals surface area contributed by atoms with E-state index in [1.807, 2.05) is 0 Å². The Morgan fingerprint density at radius 2 is 0.812 bits per heavy atom. The first kappa shape index (κ1) is 15.6. The van der Waals surface area contributed by atoms with E-state index >= 15 is 0 Å². The van der Waals surface area contributed by atoms with Gasteiger partial charge in [-0.3, -0.25) is 0 Å². The van der Waals surface area contributed by atoms with E-state index in [4.69, 9.17) is 0 Å². The van der Waals surface area contributed by atoms with Gasteiger partial charge in [-0.05, 0) is 104 Å². The van der Waals surface area contributed by atoms with Gasteiger partial charge in [-0.2, -0.15) is 0 Å². The maximum Gasteiger partial charge on any atom is -0.000741 e. The zero-order valence-electron chi connectivity index (χ0n) is 17.2. The van der Waals surface area contributed by atoms with Gasteiger partial charge < -0.3 is 0 Å². The summed E-state index contributed by atoms with van der Waals surface area (Å²) in [6.45, 7) is 0. The van der Waals surface area contributed by atoms with Crippen LogP contribution in [0.3, 0.4) is 0 Å². The molecule has 0 fully saturated rings. The second-order valence-electron chi connectivity index (χ2n) is 9.31. The largest absolute Gasteiger partial charge is 0.0616 e. The van der Waals surface area contributed by atoms with Gasteiger partial charge in [0, 0.05) is 0 Å². The normalized spacial score (nSPS) is 13.0. The second-order valence-corrected chi connectivity index (χ2v) is 9.31. The first-order chi connectivity index (χ1) is 15.9. The summed E-state index contributed by atoms with van der Waals surface area (Å²) in [5, 5.41) is 22.0. The third-order valence-electron chi connectivity index (χ3n) is 7.82. The Balaban J connectivity index is 1.75. The van der Waals surface area contributed by atoms with Crippen molar-refractivity contribution in [3.8, 4) is 0 Å². The summed E-state index contributed by atoms with van der Waals surface area (Å²) in [6.07, 6.45) is 0. The van der Waals surface area contributed by atoms with Crippen LogP contribution in [-0.4, -0.2) is 0 Å². The van der Waals surface area contributed by atoms with E-state index in [9.17, 15) is 0 Å². The Labute approximate surface area is 183 Å². The lowest BCUT2D eigenvalue weighted by atomic mass is 9.81. The Morgan fingerprint density at radius 1 is 0.250 bits per heavy atom. The Bertz CT molecular complexity index is 2180. The highest BCUT2D eigenvalue weighted by Crippen LogP contribution is 2.49. The Kier molecular flexibility index (Phi) is 2.44. The van der Waals surface area contributed by atoms with Crippen LogP contribution in [0.5, 0.6) is 0 Å². The van der Waals surface area contributed by atoms with E-state index in [2.05, 4.69) is 97.1 Å². The van der Waals surface area contributed by atoms with E-state index in [1.54, 1.807) is 0 Å². The molecule has 0 spiro atoms. The van der Waals surface area contributed by atoms with E-state index in [1.165, 1.54) is 86.2 Å². The molecule has 0 aromatic heterocycles. The lowest BCUT2D eigenvalue weighted by molar-refractivity contribution is 1.80. The molecule has 0 bridgehead atoms. The summed E-state index contributed by atoms with van der Waals surface area (Å²) in [5.41, 5.74) is 0. The van der Waals surface area contributed by atoms with E-state index in [-0.39, 0.29) is 0 Å². The molecule has 0 heterocycles. The highest BCUT2D eigenvalue weighted by atomic mass is 14.2. The minimum atomic E-state index is 1.31. The summed E-state index contributed by atoms with van der Waals surface area (Å²) in [7, 11) is 0. The van der Waals surface area contributed by atoms with Crippen LogP contribution in [0.15, 0.2) is 97.1 Å². The molecule has 0 atom stereocenters. The minimum Gasteiger partial charge on any atom is -0.0616 e. The SMILES string of the molecule is c1ccc2c(c1)cc1cc3c4cccc5ccc6ccc7cc8ccc2c1c8c3c7c6c54. The van der Waals surface area contributed by atoms with Crippen molar-refractivity contribution >= 4 is 86.2 Å². The summed E-state index contributed by atoms with van der Waals surface area (Å²) in [6, 6.07) is 36.7. The molecule has 32 heavy (non-hydrogen) atoms. The van der Waals surface area contributed by atoms with Gasteiger partial charge in [0.05, 0.1) is 0 Å². The van der Waals surface area contributed by atoms with Crippen molar-refractivity contribution in [3.63, 3.8) is 0 Å². The third-order valence-corrected chi connectivity index (χ3v) is 7.82. The fourth-order valence-electron chi connectivity index (χ4n) is 6.58. The van der Waals surface area contributed by atoms with Crippen LogP contribution in [0.2, 0.25) is 0 Å². The molecule has 0 saturated heterocycles. The van der Waals surface area contributed by atoms with E-state index in [0.29, 0.717) is 0 Å². The van der Waals surface area contributed by atoms with Crippen LogP contribution in [0, 0.1) is 0 Å². The molecule has 0 aliphatic carbocycles. The predicted molar refractivity (Wildman–Crippen MR) is 140 cm³/mol. The zero-order chi connectivity index (χ0) is 20.6. The first-order valence-electron chi connectivity index (χ1n) is 11.3. The quantitative estimate of drug-likeness (QED) is 0.176. The van der Waals surface area contributed by atoms with Gasteiger partial charge in [0.25, 0.3) is 0 Å². The highest BCUT2D eigenvalue weighted by Gasteiger charge is 2.21. The Hall–Kier alpha value is -4.16. The van der Waals surface area contributed by atoms with Crippen molar-refractivity contribution < 1.29 is 0 Å². The molecular formula is C32H16. The average molecular weight is 400 g/mol. The Morgan fingerprint density at radius 3 is 1.72 bits per heavy atom. The van der Waals surface area contributed by atoms with Gasteiger partial charge in [-0.15, -0.1) is 0 Å². The van der Waals surface area contributed by atoms with Crippen LogP contribution < -0.4 is 0 Å². The van der Waals surface area contributed by atoms with Crippen molar-refractivity contribution in [3.05, 3.63) is 97.1 Å². The van der Waals surface area contributed by atoms with Crippen molar-refractivity contribution in [2.45, 2.75) is 0 Å². The van der Waals surface area contributed by atoms with Gasteiger partial charge in [0.2, 0.25) is 0 Å². The summed E-state index contributed by atoms with van der Waals surface area (Å²) in [4.78, 5) is 0. The zero-order valence-corrected chi connectivity index (χ0v) is 17.2. The van der Waals surface area contributed by atoms with Gasteiger partial charge in [-0.25, -0.2) is 0 Å². The molecule has 0 nitrogen and oxygen atoms in total. The molecule has 9 rings (SSSR count). The van der Waals surface area contributed by atoms with Crippen molar-refractivity contribution in [1.82, 2.24) is 0 Å². The number of fused-ring (bicyclic) bond motifs is 3. The van der Waals surface area contributed by atoms with E-state index < -0.39 is 0 Å². The first-order valence-corrected chi connectivity index (χ1v) is 11.3. The molecule has 0 heteroatoms. The van der Waals surface area contributed by atoms with Gasteiger partial charge in [0.15, 0.2) is 0 Å². The molecule has 0 unspecified atom stereocenters. The number of benzene rings is 9. The molecule has 9 aromatic rings. The van der Waals surface area contributed by atoms with Crippen LogP contribution in [-0.2, 0) is 0 Å². The van der Waals surface area contributed by atoms with Gasteiger partial charge in [-0.1, -0.05) is 78.9 Å². The van der Waals surface area contributed by atoms with Gasteiger partial charge in [0.1, 0.15) is 0 Å². The van der Waals surface area contributed by atoms with Crippen molar-refractivity contribution in [2.75, 3.05) is 0 Å². The molecule has 0 aliphatic rings. The van der Waals surface area contributed by atoms with Crippen LogP contribution in [0.1, 0.15) is 0 Å². The van der Waals surface area contributed by atoms with Crippen molar-refractivity contribution in [2.24, 2.45) is 0 Å². The molecule has 9 aromatic carbocycles. The number of hydrogen-bond acceptors (Lipinski definition) is 0. The van der Waals surface area contributed by atoms with Crippen LogP contribution in [0.25, 0.3) is 86.2 Å². The molecule has 144 valence electrons. The van der Waals surface area contributed by atoms with Crippen LogP contribution in [0.4, 0.5) is 0 Å². The van der Waals surface area contributed by atoms with E-state index in [0.717, 1.165) is 0 Å². The fraction of sp³-hybridized carbons (Fsp3) is 0. The third kappa shape index (κ3) is 1.60. The predicted octanol–water partition coefficient (Wildman–Crippen LogP) is 9.23. The standard InChI is InChI=1S/C32H16/c1-2-6-23-19(4-1)14-22-16-26-24-7-3-5-17-8-9-18-10-11-20-15-21-12-13-25(23)28(22)30(21)32(26)31(20)29(18)27(17)24/h1-16H. The summed E-state index contributed by atoms with van der Waals surface area (Å²) < 4.78 is 0. The topological polar surface area (TPSA) is 0 Å². The maximum absolute atomic E-state index is 2.46. The average Bonchev–Trinajstić information content (AvgIpc) is 2.85. The fourth-order valence-corrected chi connectivity index (χ4v) is 6.58. The van der Waals surface area contributed by atoms with Crippen LogP contribution >= 0.6 is 0 Å². The maximum atomic E-state index is 2.46. The molecule has 0 N–H and O–H groups in total. The number of rotatable bonds is 0. The molecular weight excluding hydrogens is 384 g/mol. The summed E-state index contributed by atoms with van der Waals surface area (Å²) in [5.74, 6) is 0. The monoisotopic (exact) mass is 400 g/mol. The van der Waals surface area contributed by atoms with Crippen molar-refractivity contribution in [1.29, 1.82) is 0 Å². The highest BCUT2D eigenvalue weighted by molar-refractivity contribution is 6.46. The number of hydrogen-bond donors (Lipinski definition) is 0. The lowest BCUT2D eigenvalue weighted by Crippen LogP contribution is -1.93. The molecule has 0 saturated carbocycles. The second kappa shape index (κ2) is 5.00. The lowest BCUT2D eigenvalue weighted by Gasteiger charge is -2.21. The van der Waals surface area contributed by atoms with Gasteiger partial charge >= 0.3 is 0 Å². The summed E-state index contributed by atoms with van der Waals surface area (Å²) >= 11 is 0. The molecule has 0 amide bonds. The molecule has 0 radical (unpaired) electrons. The molecule has 0 aliphatic heterocycles. The minimum absolute atomic E-state index is 1.31.